The van der Waals surface area contributed by atoms with E-state index in [1.165, 1.54) is 11.3 Å². The number of unbranched alkanes of at least 4 members (excludes halogenated alkanes) is 2. The molecule has 0 aliphatic carbocycles. The molecule has 1 aromatic heterocycles. The third-order valence-corrected chi connectivity index (χ3v) is 4.96. The van der Waals surface area contributed by atoms with Gasteiger partial charge in [-0.15, -0.1) is 0 Å². The number of nitrogens with one attached hydrogen (secondary N) is 1. The second-order valence-corrected chi connectivity index (χ2v) is 7.00. The Morgan fingerprint density at radius 2 is 1.74 bits per heavy atom. The highest BCUT2D eigenvalue weighted by atomic mass is 32.1. The summed E-state index contributed by atoms with van der Waals surface area (Å²) in [5.41, 5.74) is 7.32. The Morgan fingerprint density at radius 3 is 2.44 bits per heavy atom. The van der Waals surface area contributed by atoms with Crippen LogP contribution in [0.1, 0.15) is 19.3 Å². The smallest absolute Gasteiger partial charge is 0.210 e. The summed E-state index contributed by atoms with van der Waals surface area (Å²) in [5.74, 6) is 1.66. The fraction of sp³-hybridized carbons (Fsp3) is 0.286. The van der Waals surface area contributed by atoms with Gasteiger partial charge in [0, 0.05) is 12.6 Å². The second-order valence-electron chi connectivity index (χ2n) is 6.04. The number of para-hydroxylation sites is 1. The predicted octanol–water partition coefficient (Wildman–Crippen LogP) is 5.15. The molecule has 3 rings (SSSR count). The van der Waals surface area contributed by atoms with Gasteiger partial charge in [0.25, 0.3) is 0 Å². The van der Waals surface area contributed by atoms with Gasteiger partial charge in [0.1, 0.15) is 17.2 Å². The number of aromatic nitrogens is 1. The first-order chi connectivity index (χ1) is 13.3. The summed E-state index contributed by atoms with van der Waals surface area (Å²) in [5, 5.41) is 4.67. The highest BCUT2D eigenvalue weighted by Gasteiger charge is 2.15. The van der Waals surface area contributed by atoms with Crippen LogP contribution in [0.3, 0.4) is 0 Å². The molecular formula is C21H25N3O2S. The van der Waals surface area contributed by atoms with Crippen molar-refractivity contribution in [1.29, 1.82) is 0 Å². The second kappa shape index (κ2) is 9.94. The fourth-order valence-corrected chi connectivity index (χ4v) is 3.40. The number of rotatable bonds is 10. The van der Waals surface area contributed by atoms with Gasteiger partial charge in [-0.05, 0) is 62.2 Å². The van der Waals surface area contributed by atoms with Crippen LogP contribution in [0.15, 0.2) is 54.6 Å². The zero-order valence-electron chi connectivity index (χ0n) is 15.5. The predicted molar refractivity (Wildman–Crippen MR) is 112 cm³/mol. The average molecular weight is 384 g/mol. The number of thiazole rings is 1. The lowest BCUT2D eigenvalue weighted by Crippen LogP contribution is -2.01. The van der Waals surface area contributed by atoms with Crippen LogP contribution < -0.4 is 20.5 Å². The van der Waals surface area contributed by atoms with Crippen molar-refractivity contribution in [2.45, 2.75) is 19.3 Å². The van der Waals surface area contributed by atoms with Crippen LogP contribution in [0, 0.1) is 0 Å². The normalized spacial score (nSPS) is 10.6. The molecule has 0 saturated carbocycles. The third-order valence-electron chi connectivity index (χ3n) is 4.01. The van der Waals surface area contributed by atoms with Gasteiger partial charge < -0.3 is 20.5 Å². The van der Waals surface area contributed by atoms with E-state index >= 15 is 0 Å². The van der Waals surface area contributed by atoms with E-state index in [0.717, 1.165) is 58.8 Å². The maximum absolute atomic E-state index is 6.05. The third kappa shape index (κ3) is 5.45. The zero-order chi connectivity index (χ0) is 18.9. The molecule has 6 heteroatoms. The monoisotopic (exact) mass is 383 g/mol. The number of hydrogen-bond acceptors (Lipinski definition) is 6. The molecule has 0 amide bonds. The zero-order valence-corrected chi connectivity index (χ0v) is 16.3. The summed E-state index contributed by atoms with van der Waals surface area (Å²) in [6, 6.07) is 17.7. The molecule has 1 heterocycles. The summed E-state index contributed by atoms with van der Waals surface area (Å²) in [6.45, 7) is 1.45. The van der Waals surface area contributed by atoms with E-state index in [2.05, 4.69) is 10.3 Å². The molecule has 0 aliphatic rings. The molecule has 0 atom stereocenters. The molecule has 0 radical (unpaired) electrons. The topological polar surface area (TPSA) is 69.4 Å². The minimum absolute atomic E-state index is 0.711. The summed E-state index contributed by atoms with van der Waals surface area (Å²) in [4.78, 5) is 4.65. The van der Waals surface area contributed by atoms with Crippen molar-refractivity contribution < 1.29 is 9.47 Å². The Bertz CT molecular complexity index is 819. The summed E-state index contributed by atoms with van der Waals surface area (Å²) >= 11 is 1.49. The van der Waals surface area contributed by atoms with Crippen molar-refractivity contribution in [3.05, 3.63) is 54.6 Å². The SMILES string of the molecule is CNc1nc(-c2ccc(OCCCCCN)cc2)c(Oc2ccccc2)s1. The Morgan fingerprint density at radius 1 is 0.963 bits per heavy atom. The molecule has 0 spiro atoms. The Kier molecular flexibility index (Phi) is 7.07. The van der Waals surface area contributed by atoms with Gasteiger partial charge in [-0.25, -0.2) is 4.98 Å². The number of benzene rings is 2. The summed E-state index contributed by atoms with van der Waals surface area (Å²) in [7, 11) is 1.86. The van der Waals surface area contributed by atoms with Crippen LogP contribution in [0.25, 0.3) is 11.3 Å². The number of nitrogens with zero attached hydrogens (tertiary/aromatic N) is 1. The number of ether oxygens (including phenoxy) is 2. The van der Waals surface area contributed by atoms with Gasteiger partial charge in [0.05, 0.1) is 6.61 Å². The van der Waals surface area contributed by atoms with Gasteiger partial charge in [0.2, 0.25) is 5.06 Å². The molecule has 0 fully saturated rings. The van der Waals surface area contributed by atoms with Crippen LogP contribution >= 0.6 is 11.3 Å². The van der Waals surface area contributed by atoms with E-state index in [9.17, 15) is 0 Å². The van der Waals surface area contributed by atoms with Gasteiger partial charge in [-0.3, -0.25) is 0 Å². The van der Waals surface area contributed by atoms with E-state index in [1.54, 1.807) is 0 Å². The molecule has 27 heavy (non-hydrogen) atoms. The van der Waals surface area contributed by atoms with Crippen molar-refractivity contribution >= 4 is 16.5 Å². The molecule has 0 aliphatic heterocycles. The molecule has 142 valence electrons. The molecule has 0 unspecified atom stereocenters. The van der Waals surface area contributed by atoms with Crippen LogP contribution in [-0.2, 0) is 0 Å². The number of hydrogen-bond donors (Lipinski definition) is 2. The van der Waals surface area contributed by atoms with Gasteiger partial charge in [-0.2, -0.15) is 0 Å². The van der Waals surface area contributed by atoms with Crippen LogP contribution in [0.4, 0.5) is 5.13 Å². The standard InChI is InChI=1S/C21H25N3O2S/c1-23-21-24-19(20(27-21)26-18-8-4-2-5-9-18)16-10-12-17(13-11-16)25-15-7-3-6-14-22/h2,4-5,8-13H,3,6-7,14-15,22H2,1H3,(H,23,24). The highest BCUT2D eigenvalue weighted by Crippen LogP contribution is 2.40. The van der Waals surface area contributed by atoms with Crippen molar-refractivity contribution in [3.8, 4) is 27.8 Å². The minimum atomic E-state index is 0.711. The van der Waals surface area contributed by atoms with Crippen molar-refractivity contribution in [1.82, 2.24) is 4.98 Å². The van der Waals surface area contributed by atoms with E-state index in [1.807, 2.05) is 61.6 Å². The quantitative estimate of drug-likeness (QED) is 0.474. The number of nitrogens with two attached hydrogens (primary N) is 1. The minimum Gasteiger partial charge on any atom is -0.494 e. The van der Waals surface area contributed by atoms with E-state index < -0.39 is 0 Å². The lowest BCUT2D eigenvalue weighted by Gasteiger charge is -2.08. The molecule has 3 aromatic rings. The first kappa shape index (κ1) is 19.2. The largest absolute Gasteiger partial charge is 0.494 e. The molecule has 5 nitrogen and oxygen atoms in total. The molecule has 0 saturated heterocycles. The van der Waals surface area contributed by atoms with Crippen molar-refractivity contribution in [2.24, 2.45) is 5.73 Å². The highest BCUT2D eigenvalue weighted by molar-refractivity contribution is 7.17. The molecule has 2 aromatic carbocycles. The van der Waals surface area contributed by atoms with E-state index in [0.29, 0.717) is 6.61 Å². The van der Waals surface area contributed by atoms with Crippen molar-refractivity contribution in [3.63, 3.8) is 0 Å². The summed E-state index contributed by atoms with van der Waals surface area (Å²) < 4.78 is 11.8. The lowest BCUT2D eigenvalue weighted by molar-refractivity contribution is 0.305. The van der Waals surface area contributed by atoms with Crippen LogP contribution in [0.5, 0.6) is 16.6 Å². The first-order valence-corrected chi connectivity index (χ1v) is 9.96. The van der Waals surface area contributed by atoms with Crippen LogP contribution in [0.2, 0.25) is 0 Å². The Hall–Kier alpha value is -2.57. The van der Waals surface area contributed by atoms with Gasteiger partial charge >= 0.3 is 0 Å². The first-order valence-electron chi connectivity index (χ1n) is 9.15. The molecule has 0 bridgehead atoms. The summed E-state index contributed by atoms with van der Waals surface area (Å²) in [6.07, 6.45) is 3.16. The van der Waals surface area contributed by atoms with Gasteiger partial charge in [-0.1, -0.05) is 29.5 Å². The maximum atomic E-state index is 6.05. The maximum Gasteiger partial charge on any atom is 0.210 e. The lowest BCUT2D eigenvalue weighted by atomic mass is 10.1. The Labute approximate surface area is 164 Å². The molecule has 3 N–H and O–H groups in total. The van der Waals surface area contributed by atoms with Gasteiger partial charge in [0.15, 0.2) is 5.13 Å². The van der Waals surface area contributed by atoms with E-state index in [4.69, 9.17) is 15.2 Å². The van der Waals surface area contributed by atoms with Crippen molar-refractivity contribution in [2.75, 3.05) is 25.5 Å². The fourth-order valence-electron chi connectivity index (χ4n) is 2.58. The van der Waals surface area contributed by atoms with E-state index in [-0.39, 0.29) is 0 Å². The van der Waals surface area contributed by atoms with Crippen LogP contribution in [-0.4, -0.2) is 25.2 Å². The number of anilines is 1. The average Bonchev–Trinajstić information content (AvgIpc) is 3.12. The molecular weight excluding hydrogens is 358 g/mol. The Balaban J connectivity index is 1.70.